The Morgan fingerprint density at radius 3 is 2.70 bits per heavy atom. The molecule has 0 unspecified atom stereocenters. The molecular formula is C24H26N4O2. The van der Waals surface area contributed by atoms with Gasteiger partial charge in [0.1, 0.15) is 0 Å². The highest BCUT2D eigenvalue weighted by Gasteiger charge is 2.15. The molecule has 6 nitrogen and oxygen atoms in total. The minimum absolute atomic E-state index is 0.309. The van der Waals surface area contributed by atoms with Crippen LogP contribution in [0.5, 0.6) is 0 Å². The zero-order valence-electron chi connectivity index (χ0n) is 17.3. The first kappa shape index (κ1) is 21.0. The number of aromatic amines is 1. The monoisotopic (exact) mass is 402 g/mol. The van der Waals surface area contributed by atoms with Crippen LogP contribution in [0.15, 0.2) is 48.5 Å². The van der Waals surface area contributed by atoms with Crippen molar-refractivity contribution in [1.29, 1.82) is 5.26 Å². The van der Waals surface area contributed by atoms with Crippen molar-refractivity contribution < 1.29 is 9.53 Å². The molecule has 3 aromatic rings. The number of para-hydroxylation sites is 1. The van der Waals surface area contributed by atoms with E-state index in [4.69, 9.17) is 15.7 Å². The van der Waals surface area contributed by atoms with Gasteiger partial charge in [0.05, 0.1) is 29.6 Å². The highest BCUT2D eigenvalue weighted by atomic mass is 16.5. The Bertz CT molecular complexity index is 1060. The molecule has 1 heterocycles. The number of benzene rings is 2. The van der Waals surface area contributed by atoms with Crippen LogP contribution in [0.25, 0.3) is 11.3 Å². The third kappa shape index (κ3) is 4.81. The van der Waals surface area contributed by atoms with Crippen LogP contribution in [-0.4, -0.2) is 17.6 Å². The van der Waals surface area contributed by atoms with Gasteiger partial charge in [-0.3, -0.25) is 0 Å². The number of carbonyl (C=O) groups excluding carboxylic acids is 1. The number of aromatic nitrogens is 1. The van der Waals surface area contributed by atoms with E-state index >= 15 is 0 Å². The SMILES string of the molecule is CCOC(=O)c1cccc(N)c1NCc1ccc(-c2[nH]c(C)cc2CCC#N)cc1. The lowest BCUT2D eigenvalue weighted by molar-refractivity contribution is 0.0527. The van der Waals surface area contributed by atoms with E-state index in [1.807, 2.05) is 19.1 Å². The molecule has 0 saturated carbocycles. The standard InChI is InChI=1S/C24H26N4O2/c1-3-30-24(29)20-7-4-8-21(26)23(20)27-15-17-9-11-18(12-10-17)22-19(6-5-13-25)14-16(2)28-22/h4,7-12,14,27-28H,3,5-6,15,26H2,1-2H3. The van der Waals surface area contributed by atoms with Crippen molar-refractivity contribution in [2.45, 2.75) is 33.2 Å². The average molecular weight is 402 g/mol. The number of nitriles is 1. The molecule has 0 bridgehead atoms. The van der Waals surface area contributed by atoms with E-state index in [2.05, 4.69) is 34.6 Å². The third-order valence-corrected chi connectivity index (χ3v) is 4.84. The molecule has 6 heteroatoms. The molecule has 2 aromatic carbocycles. The second-order valence-electron chi connectivity index (χ2n) is 7.05. The van der Waals surface area contributed by atoms with Crippen molar-refractivity contribution in [2.24, 2.45) is 0 Å². The summed E-state index contributed by atoms with van der Waals surface area (Å²) < 4.78 is 5.12. The van der Waals surface area contributed by atoms with Crippen LogP contribution < -0.4 is 11.1 Å². The Balaban J connectivity index is 1.75. The lowest BCUT2D eigenvalue weighted by atomic mass is 10.0. The number of carbonyl (C=O) groups is 1. The molecule has 0 atom stereocenters. The van der Waals surface area contributed by atoms with Crippen molar-refractivity contribution in [2.75, 3.05) is 17.7 Å². The number of nitrogens with one attached hydrogen (secondary N) is 2. The lowest BCUT2D eigenvalue weighted by Crippen LogP contribution is -2.11. The van der Waals surface area contributed by atoms with Crippen LogP contribution in [0.3, 0.4) is 0 Å². The summed E-state index contributed by atoms with van der Waals surface area (Å²) in [4.78, 5) is 15.6. The molecule has 154 valence electrons. The minimum Gasteiger partial charge on any atom is -0.462 e. The Labute approximate surface area is 176 Å². The first-order valence-corrected chi connectivity index (χ1v) is 9.97. The van der Waals surface area contributed by atoms with Gasteiger partial charge in [0.2, 0.25) is 0 Å². The molecule has 4 N–H and O–H groups in total. The average Bonchev–Trinajstić information content (AvgIpc) is 3.12. The smallest absolute Gasteiger partial charge is 0.340 e. The fourth-order valence-electron chi connectivity index (χ4n) is 3.42. The number of ether oxygens (including phenoxy) is 1. The molecule has 0 radical (unpaired) electrons. The van der Waals surface area contributed by atoms with E-state index in [9.17, 15) is 4.79 Å². The van der Waals surface area contributed by atoms with Gasteiger partial charge in [0.25, 0.3) is 0 Å². The summed E-state index contributed by atoms with van der Waals surface area (Å²) in [5, 5.41) is 12.2. The number of hydrogen-bond acceptors (Lipinski definition) is 5. The topological polar surface area (TPSA) is 104 Å². The quantitative estimate of drug-likeness (QED) is 0.370. The molecule has 0 aliphatic rings. The van der Waals surface area contributed by atoms with Gasteiger partial charge in [-0.1, -0.05) is 30.3 Å². The van der Waals surface area contributed by atoms with Gasteiger partial charge in [0, 0.05) is 24.4 Å². The van der Waals surface area contributed by atoms with Gasteiger partial charge in [-0.05, 0) is 55.2 Å². The largest absolute Gasteiger partial charge is 0.462 e. The fraction of sp³-hybridized carbons (Fsp3) is 0.250. The summed E-state index contributed by atoms with van der Waals surface area (Å²) in [5.74, 6) is -0.394. The van der Waals surface area contributed by atoms with Gasteiger partial charge in [-0.25, -0.2) is 4.79 Å². The minimum atomic E-state index is -0.394. The maximum absolute atomic E-state index is 12.2. The van der Waals surface area contributed by atoms with Crippen LogP contribution in [0.2, 0.25) is 0 Å². The summed E-state index contributed by atoms with van der Waals surface area (Å²) in [7, 11) is 0. The molecule has 3 rings (SSSR count). The predicted octanol–water partition coefficient (Wildman–Crippen LogP) is 4.82. The van der Waals surface area contributed by atoms with E-state index in [-0.39, 0.29) is 0 Å². The Kier molecular flexibility index (Phi) is 6.76. The Hall–Kier alpha value is -3.72. The number of esters is 1. The van der Waals surface area contributed by atoms with Crippen LogP contribution in [0.1, 0.15) is 40.5 Å². The summed E-state index contributed by atoms with van der Waals surface area (Å²) in [5.41, 5.74) is 13.0. The summed E-state index contributed by atoms with van der Waals surface area (Å²) in [6, 6.07) is 17.7. The molecule has 0 fully saturated rings. The van der Waals surface area contributed by atoms with Crippen LogP contribution in [0, 0.1) is 18.3 Å². The molecule has 30 heavy (non-hydrogen) atoms. The van der Waals surface area contributed by atoms with Gasteiger partial charge >= 0.3 is 5.97 Å². The Morgan fingerprint density at radius 1 is 1.23 bits per heavy atom. The molecule has 0 aliphatic carbocycles. The van der Waals surface area contributed by atoms with E-state index < -0.39 is 5.97 Å². The molecule has 0 spiro atoms. The van der Waals surface area contributed by atoms with Gasteiger partial charge < -0.3 is 20.8 Å². The highest BCUT2D eigenvalue weighted by molar-refractivity contribution is 5.98. The summed E-state index contributed by atoms with van der Waals surface area (Å²) in [6.07, 6.45) is 1.22. The number of nitrogens with zero attached hydrogens (tertiary/aromatic N) is 1. The first-order chi connectivity index (χ1) is 14.5. The predicted molar refractivity (Wildman–Crippen MR) is 119 cm³/mol. The second kappa shape index (κ2) is 9.66. The van der Waals surface area contributed by atoms with E-state index in [0.717, 1.165) is 34.5 Å². The van der Waals surface area contributed by atoms with E-state index in [1.54, 1.807) is 25.1 Å². The number of nitrogen functional groups attached to an aromatic ring is 1. The number of rotatable bonds is 8. The molecule has 1 aromatic heterocycles. The number of H-pyrrole nitrogens is 1. The number of anilines is 2. The number of aryl methyl sites for hydroxylation is 2. The number of hydrogen-bond donors (Lipinski definition) is 3. The van der Waals surface area contributed by atoms with Crippen molar-refractivity contribution >= 4 is 17.3 Å². The van der Waals surface area contributed by atoms with Crippen LogP contribution in [0.4, 0.5) is 11.4 Å². The van der Waals surface area contributed by atoms with Gasteiger partial charge in [0.15, 0.2) is 0 Å². The van der Waals surface area contributed by atoms with Gasteiger partial charge in [-0.2, -0.15) is 5.26 Å². The molecule has 0 saturated heterocycles. The third-order valence-electron chi connectivity index (χ3n) is 4.84. The zero-order valence-corrected chi connectivity index (χ0v) is 17.3. The van der Waals surface area contributed by atoms with E-state index in [1.165, 1.54) is 0 Å². The van der Waals surface area contributed by atoms with Crippen LogP contribution in [-0.2, 0) is 17.7 Å². The Morgan fingerprint density at radius 2 is 2.00 bits per heavy atom. The number of nitrogens with two attached hydrogens (primary N) is 1. The lowest BCUT2D eigenvalue weighted by Gasteiger charge is -2.14. The molecular weight excluding hydrogens is 376 g/mol. The van der Waals surface area contributed by atoms with Crippen molar-refractivity contribution in [3.63, 3.8) is 0 Å². The second-order valence-corrected chi connectivity index (χ2v) is 7.05. The summed E-state index contributed by atoms with van der Waals surface area (Å²) >= 11 is 0. The fourth-order valence-corrected chi connectivity index (χ4v) is 3.42. The van der Waals surface area contributed by atoms with Crippen molar-refractivity contribution in [3.8, 4) is 17.3 Å². The van der Waals surface area contributed by atoms with Crippen molar-refractivity contribution in [3.05, 3.63) is 70.9 Å². The normalized spacial score (nSPS) is 10.4. The first-order valence-electron chi connectivity index (χ1n) is 9.97. The summed E-state index contributed by atoms with van der Waals surface area (Å²) in [6.45, 7) is 4.62. The maximum atomic E-state index is 12.2. The van der Waals surface area contributed by atoms with Crippen molar-refractivity contribution in [1.82, 2.24) is 4.98 Å². The molecule has 0 aliphatic heterocycles. The highest BCUT2D eigenvalue weighted by Crippen LogP contribution is 2.27. The van der Waals surface area contributed by atoms with Gasteiger partial charge in [-0.15, -0.1) is 0 Å². The maximum Gasteiger partial charge on any atom is 0.340 e. The molecule has 0 amide bonds. The zero-order chi connectivity index (χ0) is 21.5. The van der Waals surface area contributed by atoms with E-state index in [0.29, 0.717) is 36.5 Å². The van der Waals surface area contributed by atoms with Crippen LogP contribution >= 0.6 is 0 Å².